The second-order valence-electron chi connectivity index (χ2n) is 5.44. The van der Waals surface area contributed by atoms with Gasteiger partial charge in [-0.15, -0.1) is 0 Å². The molecule has 1 heterocycles. The first-order chi connectivity index (χ1) is 9.50. The zero-order valence-corrected chi connectivity index (χ0v) is 11.2. The Morgan fingerprint density at radius 1 is 1.25 bits per heavy atom. The van der Waals surface area contributed by atoms with Crippen LogP contribution >= 0.6 is 0 Å². The van der Waals surface area contributed by atoms with E-state index in [-0.39, 0.29) is 28.5 Å². The highest BCUT2D eigenvalue weighted by atomic mass is 16.4. The molecule has 1 saturated carbocycles. The molecule has 0 atom stereocenters. The molecule has 1 aromatic carbocycles. The van der Waals surface area contributed by atoms with Gasteiger partial charge in [0.25, 0.3) is 11.8 Å². The Labute approximate surface area is 116 Å². The van der Waals surface area contributed by atoms with E-state index >= 15 is 0 Å². The number of hydrogen-bond donors (Lipinski definition) is 1. The quantitative estimate of drug-likeness (QED) is 0.857. The van der Waals surface area contributed by atoms with Gasteiger partial charge in [0.15, 0.2) is 0 Å². The third kappa shape index (κ3) is 1.52. The minimum absolute atomic E-state index is 0.0332. The number of fused-ring (bicyclic) bond motifs is 1. The number of nitrogens with zero attached hydrogens (tertiary/aromatic N) is 1. The fourth-order valence-electron chi connectivity index (χ4n) is 3.12. The number of carbonyl (C=O) groups is 3. The summed E-state index contributed by atoms with van der Waals surface area (Å²) in [6, 6.07) is 4.12. The molecular formula is C15H15NO4. The maximum Gasteiger partial charge on any atom is 0.335 e. The molecule has 5 heteroatoms. The molecular weight excluding hydrogens is 258 g/mol. The van der Waals surface area contributed by atoms with Crippen molar-refractivity contribution in [1.82, 2.24) is 4.90 Å². The average Bonchev–Trinajstić information content (AvgIpc) is 2.63. The van der Waals surface area contributed by atoms with Crippen LogP contribution in [0.4, 0.5) is 0 Å². The van der Waals surface area contributed by atoms with E-state index in [0.717, 1.165) is 25.7 Å². The number of rotatable bonds is 3. The van der Waals surface area contributed by atoms with Gasteiger partial charge in [0, 0.05) is 0 Å². The van der Waals surface area contributed by atoms with Gasteiger partial charge in [-0.25, -0.2) is 4.79 Å². The summed E-state index contributed by atoms with van der Waals surface area (Å²) < 4.78 is 0. The highest BCUT2D eigenvalue weighted by molar-refractivity contribution is 6.22. The van der Waals surface area contributed by atoms with E-state index in [0.29, 0.717) is 5.56 Å². The molecule has 5 nitrogen and oxygen atoms in total. The first kappa shape index (κ1) is 12.8. The van der Waals surface area contributed by atoms with Gasteiger partial charge >= 0.3 is 5.97 Å². The van der Waals surface area contributed by atoms with Crippen LogP contribution in [0.15, 0.2) is 18.2 Å². The molecule has 1 N–H and O–H groups in total. The molecule has 0 aromatic heterocycles. The molecule has 2 amide bonds. The summed E-state index contributed by atoms with van der Waals surface area (Å²) in [4.78, 5) is 37.3. The van der Waals surface area contributed by atoms with Crippen LogP contribution in [0.5, 0.6) is 0 Å². The van der Waals surface area contributed by atoms with Crippen molar-refractivity contribution in [3.8, 4) is 0 Å². The lowest BCUT2D eigenvalue weighted by molar-refractivity contribution is 0.0181. The lowest BCUT2D eigenvalue weighted by Crippen LogP contribution is -2.55. The highest BCUT2D eigenvalue weighted by Gasteiger charge is 2.51. The summed E-state index contributed by atoms with van der Waals surface area (Å²) in [6.07, 6.45) is 3.42. The van der Waals surface area contributed by atoms with Crippen LogP contribution < -0.4 is 0 Å². The predicted octanol–water partition coefficient (Wildman–Crippen LogP) is 2.31. The number of carboxylic acid groups (broad SMARTS) is 1. The Kier molecular flexibility index (Phi) is 2.67. The molecule has 0 spiro atoms. The van der Waals surface area contributed by atoms with Crippen molar-refractivity contribution < 1.29 is 19.5 Å². The SMILES string of the molecule is CCC1(N2C(=O)c3ccc(C(=O)O)cc3C2=O)CCC1. The molecule has 0 unspecified atom stereocenters. The number of benzene rings is 1. The van der Waals surface area contributed by atoms with Gasteiger partial charge in [0.1, 0.15) is 0 Å². The maximum atomic E-state index is 12.5. The van der Waals surface area contributed by atoms with E-state index in [2.05, 4.69) is 0 Å². The van der Waals surface area contributed by atoms with Crippen molar-refractivity contribution in [3.63, 3.8) is 0 Å². The fraction of sp³-hybridized carbons (Fsp3) is 0.400. The molecule has 1 aromatic rings. The van der Waals surface area contributed by atoms with Crippen LogP contribution in [0.25, 0.3) is 0 Å². The van der Waals surface area contributed by atoms with Crippen LogP contribution in [0, 0.1) is 0 Å². The summed E-state index contributed by atoms with van der Waals surface area (Å²) in [7, 11) is 0. The molecule has 2 aliphatic rings. The zero-order valence-electron chi connectivity index (χ0n) is 11.2. The maximum absolute atomic E-state index is 12.5. The summed E-state index contributed by atoms with van der Waals surface area (Å²) in [5.41, 5.74) is 0.205. The van der Waals surface area contributed by atoms with E-state index in [4.69, 9.17) is 5.11 Å². The van der Waals surface area contributed by atoms with Gasteiger partial charge in [-0.05, 0) is 43.9 Å². The molecule has 104 valence electrons. The molecule has 0 saturated heterocycles. The van der Waals surface area contributed by atoms with Gasteiger partial charge in [-0.1, -0.05) is 6.92 Å². The Morgan fingerprint density at radius 3 is 2.40 bits per heavy atom. The van der Waals surface area contributed by atoms with Crippen molar-refractivity contribution in [3.05, 3.63) is 34.9 Å². The van der Waals surface area contributed by atoms with Crippen molar-refractivity contribution in [2.24, 2.45) is 0 Å². The van der Waals surface area contributed by atoms with E-state index in [1.807, 2.05) is 6.92 Å². The third-order valence-corrected chi connectivity index (χ3v) is 4.55. The third-order valence-electron chi connectivity index (χ3n) is 4.55. The topological polar surface area (TPSA) is 74.7 Å². The van der Waals surface area contributed by atoms with Gasteiger partial charge in [-0.2, -0.15) is 0 Å². The Morgan fingerprint density at radius 2 is 1.90 bits per heavy atom. The summed E-state index contributed by atoms with van der Waals surface area (Å²) >= 11 is 0. The molecule has 1 aliphatic carbocycles. The van der Waals surface area contributed by atoms with Crippen LogP contribution in [0.3, 0.4) is 0 Å². The minimum Gasteiger partial charge on any atom is -0.478 e. The second kappa shape index (κ2) is 4.16. The van der Waals surface area contributed by atoms with Crippen LogP contribution in [-0.4, -0.2) is 33.3 Å². The Bertz CT molecular complexity index is 625. The van der Waals surface area contributed by atoms with E-state index in [1.54, 1.807) is 0 Å². The fourth-order valence-corrected chi connectivity index (χ4v) is 3.12. The highest BCUT2D eigenvalue weighted by Crippen LogP contribution is 2.44. The molecule has 1 aliphatic heterocycles. The lowest BCUT2D eigenvalue weighted by atomic mass is 9.73. The first-order valence-electron chi connectivity index (χ1n) is 6.76. The molecule has 0 bridgehead atoms. The number of hydrogen-bond acceptors (Lipinski definition) is 3. The van der Waals surface area contributed by atoms with E-state index in [1.165, 1.54) is 23.1 Å². The summed E-state index contributed by atoms with van der Waals surface area (Å²) in [6.45, 7) is 1.98. The van der Waals surface area contributed by atoms with Crippen LogP contribution in [-0.2, 0) is 0 Å². The molecule has 0 radical (unpaired) electrons. The number of imide groups is 1. The standard InChI is InChI=1S/C15H15NO4/c1-2-15(6-3-7-15)16-12(17)10-5-4-9(14(19)20)8-11(10)13(16)18/h4-5,8H,2-3,6-7H2,1H3,(H,19,20). The predicted molar refractivity (Wildman–Crippen MR) is 70.8 cm³/mol. The van der Waals surface area contributed by atoms with Gasteiger partial charge in [0.2, 0.25) is 0 Å². The zero-order chi connectivity index (χ0) is 14.5. The van der Waals surface area contributed by atoms with Crippen LogP contribution in [0.2, 0.25) is 0 Å². The lowest BCUT2D eigenvalue weighted by Gasteiger charge is -2.47. The normalized spacial score (nSPS) is 19.8. The smallest absolute Gasteiger partial charge is 0.335 e. The van der Waals surface area contributed by atoms with Gasteiger partial charge < -0.3 is 5.11 Å². The number of carbonyl (C=O) groups excluding carboxylic acids is 2. The Hall–Kier alpha value is -2.17. The van der Waals surface area contributed by atoms with Crippen molar-refractivity contribution in [2.45, 2.75) is 38.1 Å². The second-order valence-corrected chi connectivity index (χ2v) is 5.44. The minimum atomic E-state index is -1.10. The van der Waals surface area contributed by atoms with E-state index < -0.39 is 5.97 Å². The number of carboxylic acids is 1. The van der Waals surface area contributed by atoms with Crippen molar-refractivity contribution in [1.29, 1.82) is 0 Å². The summed E-state index contributed by atoms with van der Waals surface area (Å²) in [5, 5.41) is 8.99. The molecule has 3 rings (SSSR count). The summed E-state index contributed by atoms with van der Waals surface area (Å²) in [5.74, 6) is -1.74. The van der Waals surface area contributed by atoms with Crippen molar-refractivity contribution in [2.75, 3.05) is 0 Å². The van der Waals surface area contributed by atoms with Gasteiger partial charge in [0.05, 0.1) is 22.2 Å². The van der Waals surface area contributed by atoms with Gasteiger partial charge in [-0.3, -0.25) is 14.5 Å². The largest absolute Gasteiger partial charge is 0.478 e. The molecule has 1 fully saturated rings. The number of amides is 2. The molecule has 20 heavy (non-hydrogen) atoms. The van der Waals surface area contributed by atoms with Crippen LogP contribution in [0.1, 0.15) is 63.7 Å². The van der Waals surface area contributed by atoms with Crippen molar-refractivity contribution >= 4 is 17.8 Å². The first-order valence-corrected chi connectivity index (χ1v) is 6.76. The Balaban J connectivity index is 2.06. The average molecular weight is 273 g/mol. The monoisotopic (exact) mass is 273 g/mol. The van der Waals surface area contributed by atoms with E-state index in [9.17, 15) is 14.4 Å². The number of aromatic carboxylic acids is 1.